The molecule has 1 spiro atoms. The van der Waals surface area contributed by atoms with Crippen LogP contribution in [-0.2, 0) is 4.79 Å². The summed E-state index contributed by atoms with van der Waals surface area (Å²) in [4.78, 5) is 39.0. The molecule has 0 N–H and O–H groups in total. The van der Waals surface area contributed by atoms with Gasteiger partial charge in [-0.3, -0.25) is 14.5 Å². The number of nitrogens with zero attached hydrogens (tertiary/aromatic N) is 5. The van der Waals surface area contributed by atoms with E-state index in [0.717, 1.165) is 39.0 Å². The van der Waals surface area contributed by atoms with Crippen LogP contribution in [0.4, 0.5) is 0 Å². The summed E-state index contributed by atoms with van der Waals surface area (Å²) in [6.07, 6.45) is 5.88. The molecule has 27 heavy (non-hydrogen) atoms. The maximum Gasteiger partial charge on any atom is 0.282 e. The smallest absolute Gasteiger partial charge is 0.282 e. The standard InChI is InChI=1S/C19H27N5O2S/c1-21-9-10-23-15(13-21)17(25)24(12-14-2-3-14)19(23)4-7-22(8-5-19)18(26)16-20-6-11-27-16/h6,11,14-15H,2-5,7-10,12-13H2,1H3/t15-/m1/s1. The molecule has 1 atom stereocenters. The molecule has 0 unspecified atom stereocenters. The molecule has 1 aromatic rings. The van der Waals surface area contributed by atoms with Gasteiger partial charge in [-0.15, -0.1) is 11.3 Å². The van der Waals surface area contributed by atoms with Crippen molar-refractivity contribution in [2.75, 3.05) is 46.3 Å². The highest BCUT2D eigenvalue weighted by atomic mass is 32.1. The maximum atomic E-state index is 13.3. The van der Waals surface area contributed by atoms with Crippen molar-refractivity contribution in [3.8, 4) is 0 Å². The van der Waals surface area contributed by atoms with Crippen molar-refractivity contribution in [3.05, 3.63) is 16.6 Å². The third-order valence-corrected chi connectivity index (χ3v) is 7.54. The number of hydrogen-bond donors (Lipinski definition) is 0. The average Bonchev–Trinajstić information content (AvgIpc) is 3.28. The third-order valence-electron chi connectivity index (χ3n) is 6.78. The van der Waals surface area contributed by atoms with E-state index in [1.54, 1.807) is 6.20 Å². The van der Waals surface area contributed by atoms with Crippen LogP contribution >= 0.6 is 11.3 Å². The summed E-state index contributed by atoms with van der Waals surface area (Å²) in [7, 11) is 2.11. The number of piperazine rings is 1. The third kappa shape index (κ3) is 2.89. The summed E-state index contributed by atoms with van der Waals surface area (Å²) in [5, 5.41) is 2.42. The Morgan fingerprint density at radius 3 is 2.70 bits per heavy atom. The molecule has 0 bridgehead atoms. The minimum atomic E-state index is -0.189. The van der Waals surface area contributed by atoms with Crippen LogP contribution in [0.3, 0.4) is 0 Å². The van der Waals surface area contributed by atoms with Crippen molar-refractivity contribution in [1.29, 1.82) is 0 Å². The van der Waals surface area contributed by atoms with Gasteiger partial charge in [0, 0.05) is 63.7 Å². The number of rotatable bonds is 3. The highest BCUT2D eigenvalue weighted by Gasteiger charge is 2.59. The van der Waals surface area contributed by atoms with E-state index in [0.29, 0.717) is 29.9 Å². The van der Waals surface area contributed by atoms with Gasteiger partial charge in [0.1, 0.15) is 11.7 Å². The van der Waals surface area contributed by atoms with E-state index in [-0.39, 0.29) is 17.6 Å². The van der Waals surface area contributed by atoms with Gasteiger partial charge in [-0.2, -0.15) is 0 Å². The van der Waals surface area contributed by atoms with Crippen LogP contribution in [0.15, 0.2) is 11.6 Å². The number of carbonyl (C=O) groups is 2. The molecule has 4 heterocycles. The topological polar surface area (TPSA) is 60.0 Å². The minimum absolute atomic E-state index is 0.0104. The zero-order valence-corrected chi connectivity index (χ0v) is 16.7. The number of likely N-dealkylation sites (tertiary alicyclic amines) is 1. The zero-order valence-electron chi connectivity index (χ0n) is 15.8. The normalized spacial score (nSPS) is 28.8. The first kappa shape index (κ1) is 17.6. The van der Waals surface area contributed by atoms with E-state index in [4.69, 9.17) is 0 Å². The summed E-state index contributed by atoms with van der Waals surface area (Å²) < 4.78 is 0. The highest BCUT2D eigenvalue weighted by Crippen LogP contribution is 2.44. The van der Waals surface area contributed by atoms with Gasteiger partial charge in [0.2, 0.25) is 5.91 Å². The lowest BCUT2D eigenvalue weighted by Gasteiger charge is -2.50. The molecular formula is C19H27N5O2S. The first-order valence-electron chi connectivity index (χ1n) is 10.0. The Balaban J connectivity index is 1.38. The molecule has 1 saturated carbocycles. The Kier molecular flexibility index (Phi) is 4.25. The second kappa shape index (κ2) is 6.53. The second-order valence-electron chi connectivity index (χ2n) is 8.48. The second-order valence-corrected chi connectivity index (χ2v) is 9.37. The van der Waals surface area contributed by atoms with Crippen molar-refractivity contribution >= 4 is 23.2 Å². The SMILES string of the molecule is CN1CCN2[C@H](C1)C(=O)N(CC1CC1)C21CCN(C(=O)c2nccs2)CC1. The molecule has 4 aliphatic rings. The quantitative estimate of drug-likeness (QED) is 0.770. The largest absolute Gasteiger partial charge is 0.336 e. The van der Waals surface area contributed by atoms with Gasteiger partial charge in [0.05, 0.1) is 0 Å². The van der Waals surface area contributed by atoms with Crippen LogP contribution in [0.1, 0.15) is 35.5 Å². The lowest BCUT2D eigenvalue weighted by atomic mass is 9.93. The van der Waals surface area contributed by atoms with Gasteiger partial charge < -0.3 is 14.7 Å². The van der Waals surface area contributed by atoms with Gasteiger partial charge in [-0.05, 0) is 25.8 Å². The first-order valence-corrected chi connectivity index (χ1v) is 10.9. The van der Waals surface area contributed by atoms with E-state index in [2.05, 4.69) is 26.7 Å². The Morgan fingerprint density at radius 1 is 1.26 bits per heavy atom. The summed E-state index contributed by atoms with van der Waals surface area (Å²) in [5.74, 6) is 1.03. The number of thiazole rings is 1. The Morgan fingerprint density at radius 2 is 2.04 bits per heavy atom. The Bertz CT molecular complexity index is 726. The molecule has 3 saturated heterocycles. The predicted octanol–water partition coefficient (Wildman–Crippen LogP) is 0.944. The molecular weight excluding hydrogens is 362 g/mol. The van der Waals surface area contributed by atoms with E-state index < -0.39 is 0 Å². The lowest BCUT2D eigenvalue weighted by Crippen LogP contribution is -2.63. The van der Waals surface area contributed by atoms with E-state index >= 15 is 0 Å². The zero-order chi connectivity index (χ0) is 18.6. The molecule has 2 amide bonds. The summed E-state index contributed by atoms with van der Waals surface area (Å²) in [5.41, 5.74) is -0.189. The van der Waals surface area contributed by atoms with Crippen LogP contribution < -0.4 is 0 Å². The number of fused-ring (bicyclic) bond motifs is 2. The number of piperidine rings is 1. The number of amides is 2. The Hall–Kier alpha value is -1.51. The first-order chi connectivity index (χ1) is 13.1. The van der Waals surface area contributed by atoms with Gasteiger partial charge in [-0.25, -0.2) is 4.98 Å². The summed E-state index contributed by atoms with van der Waals surface area (Å²) in [6.45, 7) is 5.07. The molecule has 8 heteroatoms. The van der Waals surface area contributed by atoms with Crippen molar-refractivity contribution in [3.63, 3.8) is 0 Å². The fraction of sp³-hybridized carbons (Fsp3) is 0.737. The molecule has 7 nitrogen and oxygen atoms in total. The molecule has 1 aromatic heterocycles. The van der Waals surface area contributed by atoms with Crippen LogP contribution in [0.25, 0.3) is 0 Å². The van der Waals surface area contributed by atoms with Crippen LogP contribution in [0.5, 0.6) is 0 Å². The minimum Gasteiger partial charge on any atom is -0.336 e. The molecule has 0 radical (unpaired) electrons. The van der Waals surface area contributed by atoms with Crippen LogP contribution in [0, 0.1) is 5.92 Å². The van der Waals surface area contributed by atoms with Gasteiger partial charge in [0.15, 0.2) is 5.01 Å². The number of aromatic nitrogens is 1. The van der Waals surface area contributed by atoms with Gasteiger partial charge >= 0.3 is 0 Å². The van der Waals surface area contributed by atoms with Crippen molar-refractivity contribution < 1.29 is 9.59 Å². The van der Waals surface area contributed by atoms with E-state index in [1.807, 2.05) is 10.3 Å². The molecule has 4 fully saturated rings. The van der Waals surface area contributed by atoms with Crippen LogP contribution in [0.2, 0.25) is 0 Å². The molecule has 1 aliphatic carbocycles. The van der Waals surface area contributed by atoms with Crippen LogP contribution in [-0.4, -0.2) is 94.4 Å². The van der Waals surface area contributed by atoms with Crippen molar-refractivity contribution in [2.24, 2.45) is 5.92 Å². The molecule has 3 aliphatic heterocycles. The molecule has 146 valence electrons. The lowest BCUT2D eigenvalue weighted by molar-refractivity contribution is -0.134. The molecule has 0 aromatic carbocycles. The van der Waals surface area contributed by atoms with Gasteiger partial charge in [0.25, 0.3) is 5.91 Å². The van der Waals surface area contributed by atoms with Gasteiger partial charge in [-0.1, -0.05) is 0 Å². The fourth-order valence-electron chi connectivity index (χ4n) is 5.08. The fourth-order valence-corrected chi connectivity index (χ4v) is 5.68. The van der Waals surface area contributed by atoms with E-state index in [9.17, 15) is 9.59 Å². The van der Waals surface area contributed by atoms with Crippen molar-refractivity contribution in [1.82, 2.24) is 24.6 Å². The number of carbonyl (C=O) groups excluding carboxylic acids is 2. The van der Waals surface area contributed by atoms with Crippen molar-refractivity contribution in [2.45, 2.75) is 37.4 Å². The van der Waals surface area contributed by atoms with E-state index in [1.165, 1.54) is 24.2 Å². The highest BCUT2D eigenvalue weighted by molar-refractivity contribution is 7.11. The maximum absolute atomic E-state index is 13.3. The monoisotopic (exact) mass is 389 g/mol. The number of hydrogen-bond acceptors (Lipinski definition) is 6. The average molecular weight is 390 g/mol. The number of likely N-dealkylation sites (N-methyl/N-ethyl adjacent to an activating group) is 1. The summed E-state index contributed by atoms with van der Waals surface area (Å²) in [6, 6.07) is -0.0104. The summed E-state index contributed by atoms with van der Waals surface area (Å²) >= 11 is 1.40. The Labute approximate surface area is 163 Å². The molecule has 5 rings (SSSR count). The predicted molar refractivity (Wildman–Crippen MR) is 102 cm³/mol.